The van der Waals surface area contributed by atoms with Gasteiger partial charge in [0.25, 0.3) is 10.0 Å². The van der Waals surface area contributed by atoms with E-state index in [1.165, 1.54) is 11.3 Å². The highest BCUT2D eigenvalue weighted by Gasteiger charge is 2.28. The molecule has 1 aliphatic carbocycles. The number of fused-ring (bicyclic) bond motifs is 1. The molecule has 144 valence electrons. The maximum Gasteiger partial charge on any atom is 0.267 e. The van der Waals surface area contributed by atoms with E-state index in [2.05, 4.69) is 19.8 Å². The molecule has 3 aromatic heterocycles. The van der Waals surface area contributed by atoms with E-state index in [-0.39, 0.29) is 16.9 Å². The highest BCUT2D eigenvalue weighted by molar-refractivity contribution is 7.92. The molecule has 4 aromatic rings. The number of rotatable bonds is 5. The smallest absolute Gasteiger partial charge is 0.267 e. The Labute approximate surface area is 166 Å². The van der Waals surface area contributed by atoms with Gasteiger partial charge in [-0.3, -0.25) is 4.68 Å². The van der Waals surface area contributed by atoms with Gasteiger partial charge in [-0.2, -0.15) is 5.10 Å². The number of thiophene rings is 1. The molecule has 2 N–H and O–H groups in total. The summed E-state index contributed by atoms with van der Waals surface area (Å²) in [7, 11) is -3.85. The summed E-state index contributed by atoms with van der Waals surface area (Å²) in [5.74, 6) is 0.201. The molecule has 1 fully saturated rings. The lowest BCUT2D eigenvalue weighted by molar-refractivity contribution is 0.467. The predicted octanol–water partition coefficient (Wildman–Crippen LogP) is 4.40. The number of imidazole rings is 1. The van der Waals surface area contributed by atoms with Crippen molar-refractivity contribution in [2.24, 2.45) is 0 Å². The first-order chi connectivity index (χ1) is 13.6. The molecular weight excluding hydrogens is 394 g/mol. The number of H-pyrrole nitrogens is 1. The first-order valence-electron chi connectivity index (χ1n) is 9.21. The third kappa shape index (κ3) is 3.10. The molecule has 0 bridgehead atoms. The lowest BCUT2D eigenvalue weighted by atomic mass is 10.3. The summed E-state index contributed by atoms with van der Waals surface area (Å²) < 4.78 is 30.8. The molecule has 0 amide bonds. The minimum absolute atomic E-state index is 0.183. The van der Waals surface area contributed by atoms with Crippen LogP contribution >= 0.6 is 11.3 Å². The van der Waals surface area contributed by atoms with Crippen molar-refractivity contribution in [3.63, 3.8) is 0 Å². The summed E-state index contributed by atoms with van der Waals surface area (Å²) in [4.78, 5) is 8.36. The fraction of sp³-hybridized carbons (Fsp3) is 0.263. The van der Waals surface area contributed by atoms with Crippen LogP contribution < -0.4 is 4.72 Å². The third-order valence-corrected chi connectivity index (χ3v) is 7.28. The van der Waals surface area contributed by atoms with E-state index in [0.29, 0.717) is 11.2 Å². The van der Waals surface area contributed by atoms with Crippen LogP contribution in [0.25, 0.3) is 21.6 Å². The van der Waals surface area contributed by atoms with Crippen molar-refractivity contribution >= 4 is 38.3 Å². The number of nitrogens with zero attached hydrogens (tertiary/aromatic N) is 3. The Balaban J connectivity index is 1.56. The van der Waals surface area contributed by atoms with Crippen molar-refractivity contribution in [3.8, 4) is 10.6 Å². The molecule has 28 heavy (non-hydrogen) atoms. The van der Waals surface area contributed by atoms with Crippen molar-refractivity contribution in [3.05, 3.63) is 48.0 Å². The van der Waals surface area contributed by atoms with Crippen LogP contribution in [-0.2, 0) is 10.0 Å². The molecule has 0 saturated heterocycles. The largest absolute Gasteiger partial charge is 0.323 e. The van der Waals surface area contributed by atoms with Gasteiger partial charge in [-0.05, 0) is 36.4 Å². The molecule has 5 rings (SSSR count). The van der Waals surface area contributed by atoms with Crippen LogP contribution in [0.1, 0.15) is 31.7 Å². The molecule has 0 aliphatic heterocycles. The number of anilines is 1. The number of hydrogen-bond acceptors (Lipinski definition) is 5. The number of hydrogen-bond donors (Lipinski definition) is 2. The second-order valence-corrected chi connectivity index (χ2v) is 9.54. The number of benzene rings is 1. The molecule has 1 saturated carbocycles. The normalized spacial score (nSPS) is 15.4. The maximum absolute atomic E-state index is 13.2. The lowest BCUT2D eigenvalue weighted by Gasteiger charge is -2.08. The standard InChI is InChI=1S/C19H19N5O2S2/c25-28(26,23-19-20-14-8-3-4-9-15(14)21-19)17-12-24(13-6-1-2-7-13)22-18(17)16-10-5-11-27-16/h3-5,8-13H,1-2,6-7H2,(H2,20,21,23). The average molecular weight is 414 g/mol. The minimum atomic E-state index is -3.85. The molecule has 9 heteroatoms. The number of sulfonamides is 1. The van der Waals surface area contributed by atoms with Gasteiger partial charge in [0.05, 0.1) is 22.0 Å². The zero-order valence-electron chi connectivity index (χ0n) is 15.0. The monoisotopic (exact) mass is 413 g/mol. The Bertz CT molecular complexity index is 1190. The summed E-state index contributed by atoms with van der Waals surface area (Å²) in [6.07, 6.45) is 6.02. The Morgan fingerprint density at radius 1 is 1.14 bits per heavy atom. The summed E-state index contributed by atoms with van der Waals surface area (Å²) in [6, 6.07) is 11.5. The maximum atomic E-state index is 13.2. The van der Waals surface area contributed by atoms with Gasteiger partial charge in [0, 0.05) is 6.20 Å². The van der Waals surface area contributed by atoms with E-state index < -0.39 is 10.0 Å². The molecule has 0 unspecified atom stereocenters. The Morgan fingerprint density at radius 3 is 2.71 bits per heavy atom. The van der Waals surface area contributed by atoms with Gasteiger partial charge in [0.1, 0.15) is 10.6 Å². The van der Waals surface area contributed by atoms with Crippen LogP contribution in [0.5, 0.6) is 0 Å². The minimum Gasteiger partial charge on any atom is -0.323 e. The lowest BCUT2D eigenvalue weighted by Crippen LogP contribution is -2.14. The fourth-order valence-electron chi connectivity index (χ4n) is 3.69. The van der Waals surface area contributed by atoms with Crippen molar-refractivity contribution in [2.75, 3.05) is 4.72 Å². The second-order valence-electron chi connectivity index (χ2n) is 6.95. The first kappa shape index (κ1) is 17.4. The highest BCUT2D eigenvalue weighted by Crippen LogP contribution is 2.35. The Hall–Kier alpha value is -2.65. The molecule has 1 aliphatic rings. The molecule has 3 heterocycles. The van der Waals surface area contributed by atoms with Crippen molar-refractivity contribution in [1.82, 2.24) is 19.7 Å². The third-order valence-electron chi connectivity index (χ3n) is 5.06. The van der Waals surface area contributed by atoms with E-state index in [9.17, 15) is 8.42 Å². The van der Waals surface area contributed by atoms with E-state index in [0.717, 1.165) is 36.1 Å². The number of aromatic amines is 1. The van der Waals surface area contributed by atoms with Crippen LogP contribution in [-0.4, -0.2) is 28.2 Å². The Kier molecular flexibility index (Phi) is 4.21. The zero-order valence-corrected chi connectivity index (χ0v) is 16.6. The van der Waals surface area contributed by atoms with Gasteiger partial charge >= 0.3 is 0 Å². The molecule has 0 atom stereocenters. The van der Waals surface area contributed by atoms with E-state index in [4.69, 9.17) is 0 Å². The molecule has 1 aromatic carbocycles. The molecule has 0 spiro atoms. The highest BCUT2D eigenvalue weighted by atomic mass is 32.2. The summed E-state index contributed by atoms with van der Waals surface area (Å²) >= 11 is 1.48. The van der Waals surface area contributed by atoms with Crippen molar-refractivity contribution in [2.45, 2.75) is 36.6 Å². The fourth-order valence-corrected chi connectivity index (χ4v) is 5.60. The quantitative estimate of drug-likeness (QED) is 0.507. The van der Waals surface area contributed by atoms with Crippen LogP contribution in [0.15, 0.2) is 52.9 Å². The SMILES string of the molecule is O=S(=O)(Nc1nc2ccccc2[nH]1)c1cn(C2CCCC2)nc1-c1cccs1. The topological polar surface area (TPSA) is 92.7 Å². The zero-order chi connectivity index (χ0) is 19.1. The summed E-state index contributed by atoms with van der Waals surface area (Å²) in [6.45, 7) is 0. The van der Waals surface area contributed by atoms with Gasteiger partial charge in [-0.15, -0.1) is 11.3 Å². The van der Waals surface area contributed by atoms with Crippen molar-refractivity contribution in [1.29, 1.82) is 0 Å². The van der Waals surface area contributed by atoms with Gasteiger partial charge in [-0.1, -0.05) is 31.0 Å². The van der Waals surface area contributed by atoms with Crippen LogP contribution in [0, 0.1) is 0 Å². The van der Waals surface area contributed by atoms with Gasteiger partial charge < -0.3 is 4.98 Å². The van der Waals surface area contributed by atoms with Gasteiger partial charge in [0.2, 0.25) is 5.95 Å². The average Bonchev–Trinajstić information content (AvgIpc) is 3.46. The molecular formula is C19H19N5O2S2. The van der Waals surface area contributed by atoms with Gasteiger partial charge in [-0.25, -0.2) is 18.1 Å². The predicted molar refractivity (Wildman–Crippen MR) is 110 cm³/mol. The van der Waals surface area contributed by atoms with E-state index in [1.54, 1.807) is 6.20 Å². The Morgan fingerprint density at radius 2 is 1.96 bits per heavy atom. The van der Waals surface area contributed by atoms with Gasteiger partial charge in [0.15, 0.2) is 0 Å². The number of aromatic nitrogens is 4. The van der Waals surface area contributed by atoms with Crippen LogP contribution in [0.3, 0.4) is 0 Å². The van der Waals surface area contributed by atoms with Crippen molar-refractivity contribution < 1.29 is 8.42 Å². The van der Waals surface area contributed by atoms with E-state index >= 15 is 0 Å². The first-order valence-corrected chi connectivity index (χ1v) is 11.6. The van der Waals surface area contributed by atoms with Crippen LogP contribution in [0.4, 0.5) is 5.95 Å². The molecule has 7 nitrogen and oxygen atoms in total. The summed E-state index contributed by atoms with van der Waals surface area (Å²) in [5, 5.41) is 6.59. The summed E-state index contributed by atoms with van der Waals surface area (Å²) in [5.41, 5.74) is 1.98. The molecule has 0 radical (unpaired) electrons. The van der Waals surface area contributed by atoms with E-state index in [1.807, 2.05) is 46.5 Å². The second kappa shape index (κ2) is 6.75. The number of para-hydroxylation sites is 2. The number of nitrogens with one attached hydrogen (secondary N) is 2. The van der Waals surface area contributed by atoms with Crippen LogP contribution in [0.2, 0.25) is 0 Å².